The highest BCUT2D eigenvalue weighted by Gasteiger charge is 2.44. The molecule has 0 aromatic rings. The van der Waals surface area contributed by atoms with Gasteiger partial charge < -0.3 is 25.2 Å². The number of amides is 1. The van der Waals surface area contributed by atoms with Crippen LogP contribution in [-0.2, 0) is 9.53 Å². The van der Waals surface area contributed by atoms with Crippen molar-refractivity contribution >= 4 is 5.91 Å². The quantitative estimate of drug-likeness (QED) is 0.392. The van der Waals surface area contributed by atoms with E-state index in [4.69, 9.17) is 9.84 Å². The molecule has 1 radical (unpaired) electrons. The van der Waals surface area contributed by atoms with E-state index in [0.29, 0.717) is 0 Å². The topological polar surface area (TPSA) is 121 Å². The minimum Gasteiger partial charge on any atom is -0.394 e. The maximum Gasteiger partial charge on any atom is 0.240 e. The zero-order valence-corrected chi connectivity index (χ0v) is 8.15. The van der Waals surface area contributed by atoms with Gasteiger partial charge in [-0.05, 0) is 0 Å². The molecule has 0 aliphatic carbocycles. The summed E-state index contributed by atoms with van der Waals surface area (Å²) >= 11 is 0. The molecule has 0 bridgehead atoms. The number of ether oxygens (including phenoxy) is 1. The highest BCUT2D eigenvalue weighted by atomic mass is 16.6. The normalized spacial score (nSPS) is 41.3. The Morgan fingerprint density at radius 3 is 2.33 bits per heavy atom. The van der Waals surface area contributed by atoms with Gasteiger partial charge in [0, 0.05) is 6.92 Å². The summed E-state index contributed by atoms with van der Waals surface area (Å²) in [5, 5.41) is 40.3. The summed E-state index contributed by atoms with van der Waals surface area (Å²) < 4.78 is 4.94. The first kappa shape index (κ1) is 12.3. The van der Waals surface area contributed by atoms with Crippen LogP contribution in [0.15, 0.2) is 0 Å². The highest BCUT2D eigenvalue weighted by Crippen LogP contribution is 2.20. The highest BCUT2D eigenvalue weighted by molar-refractivity contribution is 5.72. The molecule has 1 heterocycles. The monoisotopic (exact) mass is 220 g/mol. The molecule has 7 heteroatoms. The minimum atomic E-state index is -1.50. The number of carbonyl (C=O) groups excluding carboxylic acids is 1. The number of nitrogens with zero attached hydrogens (tertiary/aromatic N) is 1. The number of aliphatic hydroxyl groups is 4. The predicted molar refractivity (Wildman–Crippen MR) is 46.6 cm³/mol. The van der Waals surface area contributed by atoms with Gasteiger partial charge in [0.1, 0.15) is 24.4 Å². The van der Waals surface area contributed by atoms with Gasteiger partial charge in [-0.25, -0.2) is 5.32 Å². The summed E-state index contributed by atoms with van der Waals surface area (Å²) in [5.74, 6) is -0.570. The summed E-state index contributed by atoms with van der Waals surface area (Å²) in [6, 6.07) is 0. The summed E-state index contributed by atoms with van der Waals surface area (Å²) in [6.45, 7) is 0.635. The van der Waals surface area contributed by atoms with Crippen molar-refractivity contribution in [2.45, 2.75) is 37.6 Å². The Kier molecular flexibility index (Phi) is 4.00. The largest absolute Gasteiger partial charge is 0.394 e. The average molecular weight is 220 g/mol. The van der Waals surface area contributed by atoms with Crippen LogP contribution in [0, 0.1) is 0 Å². The molecule has 0 aromatic heterocycles. The maximum atomic E-state index is 10.7. The van der Waals surface area contributed by atoms with Crippen molar-refractivity contribution in [2.24, 2.45) is 0 Å². The van der Waals surface area contributed by atoms with Crippen molar-refractivity contribution < 1.29 is 30.0 Å². The molecule has 1 amide bonds. The minimum absolute atomic E-state index is 0.533. The van der Waals surface area contributed by atoms with Crippen LogP contribution < -0.4 is 5.32 Å². The molecule has 1 aliphatic heterocycles. The van der Waals surface area contributed by atoms with E-state index in [1.165, 1.54) is 6.92 Å². The number of hydrogen-bond donors (Lipinski definition) is 4. The molecular formula is C8H14NO6. The Morgan fingerprint density at radius 1 is 1.27 bits per heavy atom. The molecule has 5 atom stereocenters. The van der Waals surface area contributed by atoms with Crippen LogP contribution in [0.2, 0.25) is 0 Å². The second-order valence-electron chi connectivity index (χ2n) is 3.37. The van der Waals surface area contributed by atoms with Gasteiger partial charge in [-0.15, -0.1) is 0 Å². The van der Waals surface area contributed by atoms with Crippen LogP contribution in [-0.4, -0.2) is 63.6 Å². The van der Waals surface area contributed by atoms with Crippen molar-refractivity contribution in [3.63, 3.8) is 0 Å². The van der Waals surface area contributed by atoms with Crippen LogP contribution in [0.1, 0.15) is 6.92 Å². The average Bonchev–Trinajstić information content (AvgIpc) is 2.18. The van der Waals surface area contributed by atoms with Crippen LogP contribution >= 0.6 is 0 Å². The zero-order chi connectivity index (χ0) is 11.6. The first-order valence-corrected chi connectivity index (χ1v) is 4.49. The molecule has 0 spiro atoms. The molecule has 1 fully saturated rings. The maximum absolute atomic E-state index is 10.7. The molecule has 7 nitrogen and oxygen atoms in total. The van der Waals surface area contributed by atoms with Crippen LogP contribution in [0.3, 0.4) is 0 Å². The standard InChI is InChI=1S/C8H14NO6/c1-3(11)9-8-7(14)6(13)5(12)4(2-10)15-8/h4-8,10,12-14H,2H2,1H3/t4-,5-,6+,7-,8?/m1/s1. The second-order valence-corrected chi connectivity index (χ2v) is 3.37. The van der Waals surface area contributed by atoms with E-state index in [2.05, 4.69) is 5.32 Å². The zero-order valence-electron chi connectivity index (χ0n) is 8.15. The van der Waals surface area contributed by atoms with Crippen molar-refractivity contribution in [1.29, 1.82) is 0 Å². The first-order chi connectivity index (χ1) is 6.97. The van der Waals surface area contributed by atoms with Gasteiger partial charge in [0.2, 0.25) is 5.91 Å². The summed E-state index contributed by atoms with van der Waals surface area (Å²) in [5.41, 5.74) is 0. The fourth-order valence-corrected chi connectivity index (χ4v) is 1.37. The lowest BCUT2D eigenvalue weighted by Crippen LogP contribution is -2.61. The van der Waals surface area contributed by atoms with E-state index in [9.17, 15) is 20.1 Å². The Morgan fingerprint density at radius 2 is 1.87 bits per heavy atom. The van der Waals surface area contributed by atoms with Crippen LogP contribution in [0.5, 0.6) is 0 Å². The first-order valence-electron chi connectivity index (χ1n) is 4.49. The van der Waals surface area contributed by atoms with Crippen molar-refractivity contribution in [1.82, 2.24) is 5.32 Å². The third kappa shape index (κ3) is 2.64. The van der Waals surface area contributed by atoms with E-state index in [1.807, 2.05) is 0 Å². The molecule has 87 valence electrons. The van der Waals surface area contributed by atoms with E-state index in [0.717, 1.165) is 0 Å². The number of carbonyl (C=O) groups is 1. The molecule has 0 aromatic carbocycles. The van der Waals surface area contributed by atoms with E-state index < -0.39 is 43.2 Å². The van der Waals surface area contributed by atoms with Gasteiger partial charge in [-0.3, -0.25) is 4.79 Å². The van der Waals surface area contributed by atoms with Crippen LogP contribution in [0.4, 0.5) is 0 Å². The lowest BCUT2D eigenvalue weighted by atomic mass is 9.98. The third-order valence-corrected chi connectivity index (χ3v) is 2.18. The molecule has 1 aliphatic rings. The molecule has 1 saturated heterocycles. The lowest BCUT2D eigenvalue weighted by Gasteiger charge is -2.38. The fourth-order valence-electron chi connectivity index (χ4n) is 1.37. The summed E-state index contributed by atoms with van der Waals surface area (Å²) in [4.78, 5) is 10.7. The van der Waals surface area contributed by atoms with Gasteiger partial charge in [0.25, 0.3) is 0 Å². The smallest absolute Gasteiger partial charge is 0.240 e. The Balaban J connectivity index is 2.69. The van der Waals surface area contributed by atoms with Gasteiger partial charge in [0.05, 0.1) is 6.61 Å². The van der Waals surface area contributed by atoms with Gasteiger partial charge in [0.15, 0.2) is 6.23 Å². The summed E-state index contributed by atoms with van der Waals surface area (Å²) in [6.07, 6.45) is -6.69. The van der Waals surface area contributed by atoms with Crippen molar-refractivity contribution in [3.8, 4) is 0 Å². The van der Waals surface area contributed by atoms with Gasteiger partial charge in [-0.2, -0.15) is 0 Å². The fraction of sp³-hybridized carbons (Fsp3) is 0.875. The molecule has 4 N–H and O–H groups in total. The van der Waals surface area contributed by atoms with E-state index in [-0.39, 0.29) is 0 Å². The Hall–Kier alpha value is -0.730. The number of aliphatic hydroxyl groups excluding tert-OH is 4. The molecule has 0 saturated carbocycles. The van der Waals surface area contributed by atoms with E-state index in [1.54, 1.807) is 0 Å². The Bertz CT molecular complexity index is 233. The molecule has 1 rings (SSSR count). The molecule has 1 unspecified atom stereocenters. The Labute approximate surface area is 86.3 Å². The number of rotatable bonds is 2. The SMILES string of the molecule is CC(=O)[N]C1O[C@H](CO)[C@@H](O)[C@H](O)[C@H]1O. The second kappa shape index (κ2) is 4.86. The third-order valence-electron chi connectivity index (χ3n) is 2.18. The predicted octanol–water partition coefficient (Wildman–Crippen LogP) is -3.06. The van der Waals surface area contributed by atoms with E-state index >= 15 is 0 Å². The van der Waals surface area contributed by atoms with Crippen molar-refractivity contribution in [2.75, 3.05) is 6.61 Å². The molecular weight excluding hydrogens is 206 g/mol. The molecule has 15 heavy (non-hydrogen) atoms. The lowest BCUT2D eigenvalue weighted by molar-refractivity contribution is -0.236. The number of hydrogen-bond acceptors (Lipinski definition) is 6. The van der Waals surface area contributed by atoms with Crippen LogP contribution in [0.25, 0.3) is 0 Å². The van der Waals surface area contributed by atoms with Gasteiger partial charge in [-0.1, -0.05) is 0 Å². The van der Waals surface area contributed by atoms with Gasteiger partial charge >= 0.3 is 0 Å². The summed E-state index contributed by atoms with van der Waals surface area (Å²) in [7, 11) is 0. The van der Waals surface area contributed by atoms with Crippen molar-refractivity contribution in [3.05, 3.63) is 0 Å².